The van der Waals surface area contributed by atoms with Crippen LogP contribution < -0.4 is 5.73 Å². The van der Waals surface area contributed by atoms with E-state index < -0.39 is 0 Å². The minimum absolute atomic E-state index is 0.678. The summed E-state index contributed by atoms with van der Waals surface area (Å²) in [6, 6.07) is 13.8. The Hall–Kier alpha value is -2.62. The van der Waals surface area contributed by atoms with Crippen LogP contribution in [-0.2, 0) is 0 Å². The van der Waals surface area contributed by atoms with E-state index in [2.05, 4.69) is 10.1 Å². The largest absolute Gasteiger partial charge is 0.397 e. The van der Waals surface area contributed by atoms with Crippen molar-refractivity contribution in [1.82, 2.24) is 14.6 Å². The highest BCUT2D eigenvalue weighted by atomic mass is 15.3. The molecule has 0 fully saturated rings. The molecule has 0 radical (unpaired) electrons. The van der Waals surface area contributed by atoms with Crippen molar-refractivity contribution < 1.29 is 0 Å². The maximum absolute atomic E-state index is 5.85. The predicted molar refractivity (Wildman–Crippen MR) is 77.5 cm³/mol. The number of fused-ring (bicyclic) bond motifs is 1. The molecule has 19 heavy (non-hydrogen) atoms. The minimum atomic E-state index is 0.678. The number of anilines is 1. The molecule has 0 aliphatic heterocycles. The molecule has 0 saturated heterocycles. The molecule has 0 spiro atoms. The lowest BCUT2D eigenvalue weighted by Crippen LogP contribution is -1.98. The first-order chi connectivity index (χ1) is 9.24. The third-order valence-electron chi connectivity index (χ3n) is 3.02. The fraction of sp³-hybridized carbons (Fsp3) is 0.0667. The summed E-state index contributed by atoms with van der Waals surface area (Å²) in [4.78, 5) is 4.44. The number of aromatic nitrogens is 3. The average Bonchev–Trinajstić information content (AvgIpc) is 2.86. The molecule has 3 aromatic rings. The fourth-order valence-electron chi connectivity index (χ4n) is 1.91. The van der Waals surface area contributed by atoms with Gasteiger partial charge in [0, 0.05) is 0 Å². The van der Waals surface area contributed by atoms with Gasteiger partial charge in [-0.1, -0.05) is 36.4 Å². The molecule has 2 N–H and O–H groups in total. The number of nitrogen functional groups attached to an aromatic ring is 1. The van der Waals surface area contributed by atoms with E-state index in [9.17, 15) is 0 Å². The molecule has 1 aromatic carbocycles. The summed E-state index contributed by atoms with van der Waals surface area (Å²) in [6.07, 6.45) is 3.89. The third-order valence-corrected chi connectivity index (χ3v) is 3.02. The van der Waals surface area contributed by atoms with Crippen molar-refractivity contribution in [3.8, 4) is 0 Å². The summed E-state index contributed by atoms with van der Waals surface area (Å²) < 4.78 is 1.76. The Balaban J connectivity index is 1.98. The van der Waals surface area contributed by atoms with E-state index in [1.54, 1.807) is 4.52 Å². The van der Waals surface area contributed by atoms with Crippen molar-refractivity contribution in [2.24, 2.45) is 0 Å². The van der Waals surface area contributed by atoms with E-state index in [1.807, 2.05) is 61.5 Å². The average molecular weight is 250 g/mol. The van der Waals surface area contributed by atoms with Gasteiger partial charge >= 0.3 is 0 Å². The van der Waals surface area contributed by atoms with Gasteiger partial charge in [0.05, 0.1) is 11.4 Å². The van der Waals surface area contributed by atoms with Crippen molar-refractivity contribution in [2.75, 3.05) is 5.73 Å². The Morgan fingerprint density at radius 1 is 1.05 bits per heavy atom. The zero-order valence-electron chi connectivity index (χ0n) is 10.6. The molecule has 0 saturated carbocycles. The Morgan fingerprint density at radius 2 is 1.84 bits per heavy atom. The molecule has 2 heterocycles. The minimum Gasteiger partial charge on any atom is -0.397 e. The molecule has 4 heteroatoms. The Kier molecular flexibility index (Phi) is 2.76. The third kappa shape index (κ3) is 2.20. The van der Waals surface area contributed by atoms with E-state index in [4.69, 9.17) is 5.73 Å². The zero-order valence-corrected chi connectivity index (χ0v) is 10.6. The predicted octanol–water partition coefficient (Wildman–Crippen LogP) is 2.79. The van der Waals surface area contributed by atoms with Crippen LogP contribution in [0.25, 0.3) is 17.8 Å². The topological polar surface area (TPSA) is 56.2 Å². The van der Waals surface area contributed by atoms with Crippen LogP contribution in [0.3, 0.4) is 0 Å². The highest BCUT2D eigenvalue weighted by Crippen LogP contribution is 2.13. The first-order valence-electron chi connectivity index (χ1n) is 6.09. The van der Waals surface area contributed by atoms with E-state index >= 15 is 0 Å². The van der Waals surface area contributed by atoms with Gasteiger partial charge in [0.2, 0.25) is 0 Å². The highest BCUT2D eigenvalue weighted by molar-refractivity contribution is 5.67. The van der Waals surface area contributed by atoms with Crippen molar-refractivity contribution >= 4 is 23.5 Å². The van der Waals surface area contributed by atoms with Gasteiger partial charge in [0.15, 0.2) is 11.5 Å². The van der Waals surface area contributed by atoms with Gasteiger partial charge in [0.1, 0.15) is 0 Å². The van der Waals surface area contributed by atoms with Crippen LogP contribution in [0.4, 0.5) is 5.69 Å². The molecule has 0 aliphatic rings. The van der Waals surface area contributed by atoms with E-state index in [1.165, 1.54) is 0 Å². The Labute approximate surface area is 111 Å². The van der Waals surface area contributed by atoms with Gasteiger partial charge in [-0.05, 0) is 30.7 Å². The van der Waals surface area contributed by atoms with Crippen molar-refractivity contribution in [3.05, 3.63) is 59.5 Å². The number of hydrogen-bond acceptors (Lipinski definition) is 3. The van der Waals surface area contributed by atoms with Gasteiger partial charge in [-0.2, -0.15) is 0 Å². The lowest BCUT2D eigenvalue weighted by molar-refractivity contribution is 0.912. The molecular formula is C15H14N4. The van der Waals surface area contributed by atoms with Crippen LogP contribution >= 0.6 is 0 Å². The summed E-state index contributed by atoms with van der Waals surface area (Å²) in [6.45, 7) is 1.93. The maximum atomic E-state index is 5.85. The summed E-state index contributed by atoms with van der Waals surface area (Å²) in [5.74, 6) is 0.678. The molecule has 0 atom stereocenters. The monoisotopic (exact) mass is 250 g/mol. The molecular weight excluding hydrogens is 236 g/mol. The number of aryl methyl sites for hydroxylation is 1. The van der Waals surface area contributed by atoms with Crippen LogP contribution in [0.1, 0.15) is 17.1 Å². The molecule has 0 unspecified atom stereocenters. The summed E-state index contributed by atoms with van der Waals surface area (Å²) in [7, 11) is 0. The molecule has 3 rings (SSSR count). The van der Waals surface area contributed by atoms with Crippen LogP contribution in [0.2, 0.25) is 0 Å². The van der Waals surface area contributed by atoms with E-state index in [-0.39, 0.29) is 0 Å². The first-order valence-corrected chi connectivity index (χ1v) is 6.09. The Bertz CT molecular complexity index is 741. The second-order valence-electron chi connectivity index (χ2n) is 4.36. The first kappa shape index (κ1) is 11.5. The van der Waals surface area contributed by atoms with Gasteiger partial charge in [-0.3, -0.25) is 0 Å². The fourth-order valence-corrected chi connectivity index (χ4v) is 1.91. The SMILES string of the molecule is Cc1c(N)ccc2nc(/C=C/c3ccccc3)nn12. The summed E-state index contributed by atoms with van der Waals surface area (Å²) in [5.41, 5.74) is 9.41. The van der Waals surface area contributed by atoms with Crippen molar-refractivity contribution in [3.63, 3.8) is 0 Å². The van der Waals surface area contributed by atoms with E-state index in [0.717, 1.165) is 22.6 Å². The maximum Gasteiger partial charge on any atom is 0.174 e. The van der Waals surface area contributed by atoms with Crippen LogP contribution in [0, 0.1) is 6.92 Å². The van der Waals surface area contributed by atoms with Gasteiger partial charge in [-0.15, -0.1) is 5.10 Å². The quantitative estimate of drug-likeness (QED) is 0.760. The van der Waals surface area contributed by atoms with Gasteiger partial charge < -0.3 is 5.73 Å². The lowest BCUT2D eigenvalue weighted by atomic mass is 10.2. The zero-order chi connectivity index (χ0) is 13.2. The molecule has 0 bridgehead atoms. The Morgan fingerprint density at radius 3 is 2.63 bits per heavy atom. The highest BCUT2D eigenvalue weighted by Gasteiger charge is 2.04. The number of nitrogens with zero attached hydrogens (tertiary/aromatic N) is 3. The van der Waals surface area contributed by atoms with Crippen LogP contribution in [0.15, 0.2) is 42.5 Å². The second kappa shape index (κ2) is 4.57. The van der Waals surface area contributed by atoms with Crippen molar-refractivity contribution in [1.29, 1.82) is 0 Å². The van der Waals surface area contributed by atoms with Gasteiger partial charge in [-0.25, -0.2) is 9.50 Å². The lowest BCUT2D eigenvalue weighted by Gasteiger charge is -2.00. The van der Waals surface area contributed by atoms with Crippen LogP contribution in [-0.4, -0.2) is 14.6 Å². The number of hydrogen-bond donors (Lipinski definition) is 1. The smallest absolute Gasteiger partial charge is 0.174 e. The number of nitrogens with two attached hydrogens (primary N) is 1. The standard InChI is InChI=1S/C15H14N4/c1-11-13(16)8-10-15-17-14(18-19(11)15)9-7-12-5-3-2-4-6-12/h2-10H,16H2,1H3/b9-7+. The van der Waals surface area contributed by atoms with Gasteiger partial charge in [0.25, 0.3) is 0 Å². The number of rotatable bonds is 2. The molecule has 0 aliphatic carbocycles. The second-order valence-corrected chi connectivity index (χ2v) is 4.36. The molecule has 0 amide bonds. The van der Waals surface area contributed by atoms with Crippen LogP contribution in [0.5, 0.6) is 0 Å². The summed E-state index contributed by atoms with van der Waals surface area (Å²) >= 11 is 0. The normalized spacial score (nSPS) is 11.4. The van der Waals surface area contributed by atoms with E-state index in [0.29, 0.717) is 5.82 Å². The van der Waals surface area contributed by atoms with Crippen molar-refractivity contribution in [2.45, 2.75) is 6.92 Å². The molecule has 2 aromatic heterocycles. The molecule has 4 nitrogen and oxygen atoms in total. The summed E-state index contributed by atoms with van der Waals surface area (Å²) in [5, 5.41) is 4.43. The number of benzene rings is 1. The number of pyridine rings is 1. The molecule has 94 valence electrons.